The van der Waals surface area contributed by atoms with Gasteiger partial charge in [-0.1, -0.05) is 18.2 Å². The zero-order valence-corrected chi connectivity index (χ0v) is 11.0. The van der Waals surface area contributed by atoms with Crippen molar-refractivity contribution in [2.24, 2.45) is 5.73 Å². The van der Waals surface area contributed by atoms with E-state index in [-0.39, 0.29) is 5.91 Å². The van der Waals surface area contributed by atoms with Crippen molar-refractivity contribution in [2.45, 2.75) is 50.3 Å². The Hall–Kier alpha value is -1.55. The largest absolute Gasteiger partial charge is 0.490 e. The molecule has 0 aromatic heterocycles. The van der Waals surface area contributed by atoms with Crippen molar-refractivity contribution in [3.05, 3.63) is 29.8 Å². The van der Waals surface area contributed by atoms with Gasteiger partial charge in [-0.05, 0) is 38.2 Å². The van der Waals surface area contributed by atoms with Gasteiger partial charge in [0.2, 0.25) is 5.91 Å². The highest BCUT2D eigenvalue weighted by molar-refractivity contribution is 5.88. The minimum absolute atomic E-state index is 0.0500. The van der Waals surface area contributed by atoms with Crippen LogP contribution in [0.15, 0.2) is 24.3 Å². The molecule has 0 atom stereocenters. The lowest BCUT2D eigenvalue weighted by molar-refractivity contribution is -0.123. The van der Waals surface area contributed by atoms with E-state index >= 15 is 0 Å². The summed E-state index contributed by atoms with van der Waals surface area (Å²) in [6.45, 7) is 0.487. The predicted octanol–water partition coefficient (Wildman–Crippen LogP) is 1.73. The van der Waals surface area contributed by atoms with E-state index < -0.39 is 5.54 Å². The molecule has 2 fully saturated rings. The summed E-state index contributed by atoms with van der Waals surface area (Å²) in [7, 11) is 0. The minimum Gasteiger partial charge on any atom is -0.490 e. The number of ether oxygens (including phenoxy) is 1. The molecule has 19 heavy (non-hydrogen) atoms. The quantitative estimate of drug-likeness (QED) is 0.847. The highest BCUT2D eigenvalue weighted by atomic mass is 16.5. The van der Waals surface area contributed by atoms with Gasteiger partial charge in [0.05, 0.1) is 11.6 Å². The monoisotopic (exact) mass is 260 g/mol. The molecule has 1 aromatic carbocycles. The van der Waals surface area contributed by atoms with E-state index in [0.29, 0.717) is 12.6 Å². The molecule has 4 heteroatoms. The molecule has 1 amide bonds. The van der Waals surface area contributed by atoms with E-state index in [2.05, 4.69) is 5.32 Å². The van der Waals surface area contributed by atoms with E-state index in [1.54, 1.807) is 0 Å². The van der Waals surface area contributed by atoms with Gasteiger partial charge in [-0.2, -0.15) is 0 Å². The lowest BCUT2D eigenvalue weighted by atomic mass is 9.96. The zero-order chi connectivity index (χ0) is 13.3. The number of nitrogens with one attached hydrogen (secondary N) is 1. The number of hydrogen-bond donors (Lipinski definition) is 2. The third kappa shape index (κ3) is 2.73. The molecule has 2 aliphatic rings. The smallest absolute Gasteiger partial charge is 0.240 e. The molecule has 0 saturated heterocycles. The van der Waals surface area contributed by atoms with Crippen LogP contribution in [0.3, 0.4) is 0 Å². The summed E-state index contributed by atoms with van der Waals surface area (Å²) in [5.74, 6) is 0.834. The fourth-order valence-corrected chi connectivity index (χ4v) is 2.15. The minimum atomic E-state index is -0.607. The van der Waals surface area contributed by atoms with E-state index in [1.807, 2.05) is 24.3 Å². The van der Waals surface area contributed by atoms with Crippen molar-refractivity contribution < 1.29 is 9.53 Å². The van der Waals surface area contributed by atoms with Gasteiger partial charge in [-0.25, -0.2) is 0 Å². The molecule has 0 unspecified atom stereocenters. The van der Waals surface area contributed by atoms with E-state index in [0.717, 1.165) is 37.0 Å². The Morgan fingerprint density at radius 3 is 2.74 bits per heavy atom. The second kappa shape index (κ2) is 4.85. The molecular weight excluding hydrogens is 240 g/mol. The van der Waals surface area contributed by atoms with E-state index in [1.165, 1.54) is 6.42 Å². The third-order valence-corrected chi connectivity index (χ3v) is 4.00. The summed E-state index contributed by atoms with van der Waals surface area (Å²) in [6.07, 6.45) is 5.44. The van der Waals surface area contributed by atoms with Gasteiger partial charge in [0.25, 0.3) is 0 Å². The van der Waals surface area contributed by atoms with Gasteiger partial charge in [-0.3, -0.25) is 4.79 Å². The highest BCUT2D eigenvalue weighted by Gasteiger charge is 2.45. The first-order valence-electron chi connectivity index (χ1n) is 6.99. The summed E-state index contributed by atoms with van der Waals surface area (Å²) in [6, 6.07) is 7.88. The lowest BCUT2D eigenvalue weighted by Gasteiger charge is -2.27. The van der Waals surface area contributed by atoms with Crippen LogP contribution in [0, 0.1) is 0 Å². The first-order chi connectivity index (χ1) is 9.17. The molecule has 2 aliphatic carbocycles. The number of carbonyl (C=O) groups excluding carboxylic acids is 1. The first-order valence-corrected chi connectivity index (χ1v) is 6.99. The van der Waals surface area contributed by atoms with Crippen LogP contribution in [0.1, 0.15) is 37.7 Å². The van der Waals surface area contributed by atoms with Gasteiger partial charge < -0.3 is 15.8 Å². The fourth-order valence-electron chi connectivity index (χ4n) is 2.15. The Morgan fingerprint density at radius 1 is 1.37 bits per heavy atom. The first kappa shape index (κ1) is 12.5. The number of amides is 1. The fraction of sp³-hybridized carbons (Fsp3) is 0.533. The summed E-state index contributed by atoms with van der Waals surface area (Å²) in [5.41, 5.74) is 6.27. The summed E-state index contributed by atoms with van der Waals surface area (Å²) < 4.78 is 5.93. The van der Waals surface area contributed by atoms with Crippen LogP contribution in [0.4, 0.5) is 0 Å². The maximum atomic E-state index is 11.8. The van der Waals surface area contributed by atoms with Crippen LogP contribution in [0.2, 0.25) is 0 Å². The van der Waals surface area contributed by atoms with Crippen molar-refractivity contribution >= 4 is 5.91 Å². The van der Waals surface area contributed by atoms with Crippen molar-refractivity contribution in [1.82, 2.24) is 5.32 Å². The van der Waals surface area contributed by atoms with Gasteiger partial charge in [-0.15, -0.1) is 0 Å². The number of carbonyl (C=O) groups is 1. The topological polar surface area (TPSA) is 64.4 Å². The molecule has 0 radical (unpaired) electrons. The molecule has 0 heterocycles. The molecule has 4 nitrogen and oxygen atoms in total. The predicted molar refractivity (Wildman–Crippen MR) is 72.7 cm³/mol. The Morgan fingerprint density at radius 2 is 2.11 bits per heavy atom. The molecule has 0 bridgehead atoms. The van der Waals surface area contributed by atoms with Gasteiger partial charge in [0, 0.05) is 12.1 Å². The molecule has 0 aliphatic heterocycles. The van der Waals surface area contributed by atoms with Crippen molar-refractivity contribution in [3.63, 3.8) is 0 Å². The van der Waals surface area contributed by atoms with Crippen molar-refractivity contribution in [2.75, 3.05) is 0 Å². The van der Waals surface area contributed by atoms with Gasteiger partial charge in [0.1, 0.15) is 5.75 Å². The van der Waals surface area contributed by atoms with Crippen LogP contribution in [0.5, 0.6) is 5.75 Å². The normalized spacial score (nSPS) is 20.5. The molecule has 1 aromatic rings. The van der Waals surface area contributed by atoms with Crippen LogP contribution in [0.25, 0.3) is 0 Å². The summed E-state index contributed by atoms with van der Waals surface area (Å²) in [4.78, 5) is 11.8. The number of rotatable bonds is 5. The number of para-hydroxylation sites is 1. The van der Waals surface area contributed by atoms with Gasteiger partial charge in [0.15, 0.2) is 0 Å². The number of hydrogen-bond acceptors (Lipinski definition) is 3. The summed E-state index contributed by atoms with van der Waals surface area (Å²) in [5, 5.41) is 2.91. The average molecular weight is 260 g/mol. The standard InChI is InChI=1S/C15H20N2O2/c16-15(8-9-15)14(18)17-10-11-4-1-2-7-13(11)19-12-5-3-6-12/h1-2,4,7,12H,3,5-6,8-10,16H2,(H,17,18). The zero-order valence-electron chi connectivity index (χ0n) is 11.0. The Kier molecular flexibility index (Phi) is 3.19. The lowest BCUT2D eigenvalue weighted by Crippen LogP contribution is -2.42. The highest BCUT2D eigenvalue weighted by Crippen LogP contribution is 2.32. The Balaban J connectivity index is 1.61. The molecule has 3 rings (SSSR count). The van der Waals surface area contributed by atoms with Crippen molar-refractivity contribution in [1.29, 1.82) is 0 Å². The van der Waals surface area contributed by atoms with Crippen LogP contribution in [-0.4, -0.2) is 17.6 Å². The molecular formula is C15H20N2O2. The Bertz CT molecular complexity index is 479. The van der Waals surface area contributed by atoms with Crippen molar-refractivity contribution in [3.8, 4) is 5.75 Å². The Labute approximate surface area is 113 Å². The maximum absolute atomic E-state index is 11.8. The summed E-state index contributed by atoms with van der Waals surface area (Å²) >= 11 is 0. The number of benzene rings is 1. The maximum Gasteiger partial charge on any atom is 0.240 e. The third-order valence-electron chi connectivity index (χ3n) is 4.00. The molecule has 0 spiro atoms. The van der Waals surface area contributed by atoms with Gasteiger partial charge >= 0.3 is 0 Å². The van der Waals surface area contributed by atoms with Crippen LogP contribution in [-0.2, 0) is 11.3 Å². The van der Waals surface area contributed by atoms with E-state index in [4.69, 9.17) is 10.5 Å². The van der Waals surface area contributed by atoms with Crippen LogP contribution >= 0.6 is 0 Å². The second-order valence-electron chi connectivity index (χ2n) is 5.62. The second-order valence-corrected chi connectivity index (χ2v) is 5.62. The van der Waals surface area contributed by atoms with E-state index in [9.17, 15) is 4.79 Å². The van der Waals surface area contributed by atoms with Crippen LogP contribution < -0.4 is 15.8 Å². The molecule has 2 saturated carbocycles. The SMILES string of the molecule is NC1(C(=O)NCc2ccccc2OC2CCC2)CC1. The molecule has 102 valence electrons. The number of nitrogens with two attached hydrogens (primary N) is 1. The molecule has 3 N–H and O–H groups in total. The average Bonchev–Trinajstić information content (AvgIpc) is 3.11.